The molecule has 0 aliphatic carbocycles. The molecule has 4 atom stereocenters. The zero-order valence-electron chi connectivity index (χ0n) is 28.9. The largest absolute Gasteiger partial charge is 0.497 e. The van der Waals surface area contributed by atoms with E-state index in [2.05, 4.69) is 5.32 Å². The van der Waals surface area contributed by atoms with Gasteiger partial charge < -0.3 is 29.7 Å². The average molecular weight is 691 g/mol. The predicted molar refractivity (Wildman–Crippen MR) is 186 cm³/mol. The van der Waals surface area contributed by atoms with Crippen molar-refractivity contribution in [3.8, 4) is 5.75 Å². The number of hydrogen-bond donors (Lipinski definition) is 1. The molecule has 12 heteroatoms. The Labute approximate surface area is 293 Å². The number of likely N-dealkylation sites (tertiary alicyclic amines) is 1. The van der Waals surface area contributed by atoms with Crippen LogP contribution in [0.3, 0.4) is 0 Å². The minimum atomic E-state index is -0.540. The molecule has 11 nitrogen and oxygen atoms in total. The highest BCUT2D eigenvalue weighted by atomic mass is 32.1. The topological polar surface area (TPSA) is 115 Å². The molecule has 7 heterocycles. The van der Waals surface area contributed by atoms with Crippen LogP contribution in [0.5, 0.6) is 5.75 Å². The number of fused-ring (bicyclic) bond motifs is 4. The molecule has 49 heavy (non-hydrogen) atoms. The van der Waals surface area contributed by atoms with Gasteiger partial charge in [-0.15, -0.1) is 11.3 Å². The van der Waals surface area contributed by atoms with Crippen LogP contribution in [0.25, 0.3) is 0 Å². The molecule has 6 bridgehead atoms. The summed E-state index contributed by atoms with van der Waals surface area (Å²) in [5.74, 6) is 1.07. The van der Waals surface area contributed by atoms with E-state index in [0.29, 0.717) is 58.5 Å². The van der Waals surface area contributed by atoms with Crippen LogP contribution in [0.2, 0.25) is 0 Å². The van der Waals surface area contributed by atoms with Gasteiger partial charge in [0.05, 0.1) is 24.2 Å². The summed E-state index contributed by atoms with van der Waals surface area (Å²) in [6, 6.07) is 7.34. The van der Waals surface area contributed by atoms with Gasteiger partial charge in [0.2, 0.25) is 23.6 Å². The van der Waals surface area contributed by atoms with E-state index in [1.807, 2.05) is 50.8 Å². The molecule has 0 saturated carbocycles. The SMILES string of the molecule is COc1cccc(CN[C@H]2C[C@H]3C(=O)N4CCC(CC4)c4nc(c(C)s4)CC(=O)N4CC[C@@H](CC(=O)N5CCCC5)[C@@H](CC(=O)N3C2)C4)c1. The maximum absolute atomic E-state index is 14.4. The molecule has 0 unspecified atom stereocenters. The Hall–Kier alpha value is -3.51. The van der Waals surface area contributed by atoms with Gasteiger partial charge in [0.1, 0.15) is 11.8 Å². The summed E-state index contributed by atoms with van der Waals surface area (Å²) in [5.41, 5.74) is 1.92. The number of carbonyl (C=O) groups excluding carboxylic acids is 4. The molecule has 4 fully saturated rings. The van der Waals surface area contributed by atoms with Crippen molar-refractivity contribution in [1.82, 2.24) is 29.9 Å². The molecule has 8 rings (SSSR count). The number of thiazole rings is 1. The smallest absolute Gasteiger partial charge is 0.245 e. The lowest BCUT2D eigenvalue weighted by Crippen LogP contribution is -2.51. The first-order valence-electron chi connectivity index (χ1n) is 18.2. The molecule has 6 aliphatic heterocycles. The Kier molecular flexibility index (Phi) is 10.2. The molecular formula is C37H50N6O5S. The van der Waals surface area contributed by atoms with Crippen LogP contribution < -0.4 is 10.1 Å². The lowest BCUT2D eigenvalue weighted by atomic mass is 9.80. The van der Waals surface area contributed by atoms with Crippen molar-refractivity contribution in [2.24, 2.45) is 11.8 Å². The standard InChI is InChI=1S/C37H50N6O5S/c1-24-31-20-34(45)42-15-10-27(17-33(44)40-11-3-4-12-40)28(22-42)18-35(46)43-23-29(38-21-25-6-5-7-30(16-25)48-2)19-32(43)37(47)41-13-8-26(9-14-41)36(39-31)49-24/h5-7,16,26-29,32,38H,3-4,8-15,17-23H2,1-2H3/t27-,28-,29-,32-/m0/s1. The fourth-order valence-corrected chi connectivity index (χ4v) is 9.72. The third-order valence-electron chi connectivity index (χ3n) is 11.6. The fraction of sp³-hybridized carbons (Fsp3) is 0.649. The van der Waals surface area contributed by atoms with Crippen molar-refractivity contribution in [1.29, 1.82) is 0 Å². The van der Waals surface area contributed by atoms with Gasteiger partial charge in [-0.25, -0.2) is 4.98 Å². The number of aromatic nitrogens is 1. The van der Waals surface area contributed by atoms with Gasteiger partial charge in [-0.3, -0.25) is 19.2 Å². The van der Waals surface area contributed by atoms with E-state index in [9.17, 15) is 19.2 Å². The summed E-state index contributed by atoms with van der Waals surface area (Å²) in [4.78, 5) is 69.4. The average Bonchev–Trinajstić information content (AvgIpc) is 3.89. The number of carbonyl (C=O) groups is 4. The second kappa shape index (κ2) is 14.8. The van der Waals surface area contributed by atoms with E-state index >= 15 is 0 Å². The number of rotatable bonds is 6. The highest BCUT2D eigenvalue weighted by Crippen LogP contribution is 2.36. The number of benzene rings is 1. The van der Waals surface area contributed by atoms with Crippen molar-refractivity contribution < 1.29 is 23.9 Å². The molecule has 264 valence electrons. The number of amides is 4. The summed E-state index contributed by atoms with van der Waals surface area (Å²) >= 11 is 1.69. The number of nitrogens with zero attached hydrogens (tertiary/aromatic N) is 5. The molecule has 6 aliphatic rings. The summed E-state index contributed by atoms with van der Waals surface area (Å²) in [7, 11) is 1.65. The third-order valence-corrected chi connectivity index (χ3v) is 12.8. The van der Waals surface area contributed by atoms with Gasteiger partial charge in [-0.2, -0.15) is 0 Å². The first-order valence-corrected chi connectivity index (χ1v) is 19.0. The van der Waals surface area contributed by atoms with Gasteiger partial charge in [0, 0.05) is 82.0 Å². The van der Waals surface area contributed by atoms with Gasteiger partial charge >= 0.3 is 0 Å². The third kappa shape index (κ3) is 7.50. The maximum atomic E-state index is 14.4. The number of hydrogen-bond acceptors (Lipinski definition) is 8. The van der Waals surface area contributed by atoms with E-state index in [4.69, 9.17) is 9.72 Å². The zero-order chi connectivity index (χ0) is 34.1. The van der Waals surface area contributed by atoms with Crippen molar-refractivity contribution in [2.75, 3.05) is 52.9 Å². The van der Waals surface area contributed by atoms with Gasteiger partial charge in [-0.1, -0.05) is 12.1 Å². The van der Waals surface area contributed by atoms with Crippen LogP contribution in [-0.2, 0) is 32.1 Å². The molecule has 1 aromatic heterocycles. The minimum absolute atomic E-state index is 0.00822. The monoisotopic (exact) mass is 690 g/mol. The predicted octanol–water partition coefficient (Wildman–Crippen LogP) is 3.35. The molecule has 4 amide bonds. The lowest BCUT2D eigenvalue weighted by molar-refractivity contribution is -0.146. The number of aryl methyl sites for hydroxylation is 1. The van der Waals surface area contributed by atoms with Crippen LogP contribution in [-0.4, -0.2) is 113 Å². The number of piperidine rings is 2. The Bertz CT molecular complexity index is 1550. The van der Waals surface area contributed by atoms with Crippen LogP contribution >= 0.6 is 11.3 Å². The van der Waals surface area contributed by atoms with Crippen LogP contribution in [0, 0.1) is 18.8 Å². The normalized spacial score (nSPS) is 27.9. The molecule has 0 radical (unpaired) electrons. The van der Waals surface area contributed by atoms with E-state index in [0.717, 1.165) is 65.7 Å². The van der Waals surface area contributed by atoms with Crippen LogP contribution in [0.15, 0.2) is 24.3 Å². The summed E-state index contributed by atoms with van der Waals surface area (Å²) in [6.07, 6.45) is 5.83. The van der Waals surface area contributed by atoms with E-state index in [-0.39, 0.29) is 60.3 Å². The van der Waals surface area contributed by atoms with Gasteiger partial charge in [0.25, 0.3) is 0 Å². The lowest BCUT2D eigenvalue weighted by Gasteiger charge is -2.40. The second-order valence-electron chi connectivity index (χ2n) is 14.7. The molecule has 1 N–H and O–H groups in total. The Morgan fingerprint density at radius 3 is 2.55 bits per heavy atom. The van der Waals surface area contributed by atoms with Crippen LogP contribution in [0.1, 0.15) is 78.4 Å². The second-order valence-corrected chi connectivity index (χ2v) is 15.9. The minimum Gasteiger partial charge on any atom is -0.497 e. The highest BCUT2D eigenvalue weighted by molar-refractivity contribution is 7.11. The first kappa shape index (κ1) is 34.0. The van der Waals surface area contributed by atoms with E-state index in [1.54, 1.807) is 18.4 Å². The quantitative estimate of drug-likeness (QED) is 0.495. The van der Waals surface area contributed by atoms with Crippen molar-refractivity contribution >= 4 is 35.0 Å². The molecule has 0 spiro atoms. The molecule has 2 aromatic rings. The number of nitrogens with one attached hydrogen (secondary N) is 1. The van der Waals surface area contributed by atoms with Crippen molar-refractivity contribution in [3.63, 3.8) is 0 Å². The maximum Gasteiger partial charge on any atom is 0.245 e. The van der Waals surface area contributed by atoms with Crippen LogP contribution in [0.4, 0.5) is 0 Å². The van der Waals surface area contributed by atoms with Gasteiger partial charge in [-0.05, 0) is 75.0 Å². The van der Waals surface area contributed by atoms with Crippen molar-refractivity contribution in [2.45, 2.75) is 89.3 Å². The molecule has 4 saturated heterocycles. The molecular weight excluding hydrogens is 641 g/mol. The Morgan fingerprint density at radius 1 is 1.00 bits per heavy atom. The van der Waals surface area contributed by atoms with Crippen molar-refractivity contribution in [3.05, 3.63) is 45.4 Å². The van der Waals surface area contributed by atoms with E-state index in [1.165, 1.54) is 0 Å². The Balaban J connectivity index is 1.14. The summed E-state index contributed by atoms with van der Waals surface area (Å²) < 4.78 is 5.40. The fourth-order valence-electron chi connectivity index (χ4n) is 8.61. The number of methoxy groups -OCH3 is 1. The van der Waals surface area contributed by atoms with E-state index < -0.39 is 6.04 Å². The number of ether oxygens (including phenoxy) is 1. The first-order chi connectivity index (χ1) is 23.7. The zero-order valence-corrected chi connectivity index (χ0v) is 29.7. The molecule has 1 aromatic carbocycles. The Morgan fingerprint density at radius 2 is 1.78 bits per heavy atom. The van der Waals surface area contributed by atoms with Gasteiger partial charge in [0.15, 0.2) is 0 Å². The summed E-state index contributed by atoms with van der Waals surface area (Å²) in [5, 5.41) is 4.68. The summed E-state index contributed by atoms with van der Waals surface area (Å²) in [6.45, 7) is 6.98. The highest BCUT2D eigenvalue weighted by Gasteiger charge is 2.44.